The van der Waals surface area contributed by atoms with E-state index in [1.54, 1.807) is 31.2 Å². The van der Waals surface area contributed by atoms with Crippen molar-refractivity contribution in [3.63, 3.8) is 0 Å². The van der Waals surface area contributed by atoms with Crippen LogP contribution in [-0.2, 0) is 14.8 Å². The maximum atomic E-state index is 13.0. The minimum absolute atomic E-state index is 0.0186. The Morgan fingerprint density at radius 3 is 2.54 bits per heavy atom. The molecular weight excluding hydrogens is 443 g/mol. The molecule has 2 heterocycles. The van der Waals surface area contributed by atoms with Gasteiger partial charge in [-0.25, -0.2) is 22.2 Å². The molecule has 0 radical (unpaired) electrons. The number of hydrogen-bond donors (Lipinski definition) is 0. The molecule has 24 heavy (non-hydrogen) atoms. The molecule has 0 fully saturated rings. The number of carbonyl (C=O) groups excluding carboxylic acids is 1. The summed E-state index contributed by atoms with van der Waals surface area (Å²) in [5.74, 6) is -0.678. The summed E-state index contributed by atoms with van der Waals surface area (Å²) in [6, 6.07) is 9.79. The minimum atomic E-state index is -3.86. The molecule has 124 valence electrons. The van der Waals surface area contributed by atoms with Crippen LogP contribution < -0.4 is 0 Å². The summed E-state index contributed by atoms with van der Waals surface area (Å²) in [6.45, 7) is 1.74. The molecule has 0 aliphatic rings. The third-order valence-corrected chi connectivity index (χ3v) is 6.04. The number of rotatable bonds is 3. The van der Waals surface area contributed by atoms with Crippen LogP contribution in [0.1, 0.15) is 16.2 Å². The highest BCUT2D eigenvalue weighted by Gasteiger charge is 2.26. The van der Waals surface area contributed by atoms with Crippen molar-refractivity contribution in [2.75, 3.05) is 7.11 Å². The highest BCUT2D eigenvalue weighted by atomic mass is 127. The normalized spacial score (nSPS) is 11.6. The zero-order valence-electron chi connectivity index (χ0n) is 12.9. The summed E-state index contributed by atoms with van der Waals surface area (Å²) in [7, 11) is -2.62. The smallest absolute Gasteiger partial charge is 0.358 e. The maximum Gasteiger partial charge on any atom is 0.358 e. The second-order valence-electron chi connectivity index (χ2n) is 5.09. The van der Waals surface area contributed by atoms with E-state index in [0.717, 1.165) is 3.97 Å². The fourth-order valence-corrected chi connectivity index (χ4v) is 4.72. The molecule has 0 N–H and O–H groups in total. The molecule has 0 unspecified atom stereocenters. The van der Waals surface area contributed by atoms with Gasteiger partial charge in [-0.1, -0.05) is 18.2 Å². The van der Waals surface area contributed by atoms with Gasteiger partial charge < -0.3 is 4.74 Å². The number of methoxy groups -OCH3 is 1. The zero-order chi connectivity index (χ0) is 17.5. The van der Waals surface area contributed by atoms with Gasteiger partial charge >= 0.3 is 5.97 Å². The van der Waals surface area contributed by atoms with Crippen LogP contribution in [0.3, 0.4) is 0 Å². The Bertz CT molecular complexity index is 1040. The Kier molecular flexibility index (Phi) is 4.35. The first-order valence-electron chi connectivity index (χ1n) is 6.93. The number of esters is 1. The van der Waals surface area contributed by atoms with E-state index in [1.807, 2.05) is 22.6 Å². The number of aromatic nitrogens is 2. The summed E-state index contributed by atoms with van der Waals surface area (Å²) in [4.78, 5) is 16.4. The molecule has 1 aromatic carbocycles. The monoisotopic (exact) mass is 456 g/mol. The van der Waals surface area contributed by atoms with Crippen LogP contribution in [0.4, 0.5) is 0 Å². The number of hydrogen-bond acceptors (Lipinski definition) is 5. The van der Waals surface area contributed by atoms with Gasteiger partial charge in [-0.2, -0.15) is 0 Å². The Morgan fingerprint density at radius 2 is 1.92 bits per heavy atom. The summed E-state index contributed by atoms with van der Waals surface area (Å²) in [6.07, 6.45) is 1.49. The lowest BCUT2D eigenvalue weighted by Crippen LogP contribution is -2.15. The Morgan fingerprint density at radius 1 is 1.25 bits per heavy atom. The molecule has 6 nitrogen and oxygen atoms in total. The van der Waals surface area contributed by atoms with Gasteiger partial charge in [0.25, 0.3) is 10.0 Å². The average Bonchev–Trinajstić information content (AvgIpc) is 2.92. The number of benzene rings is 1. The van der Waals surface area contributed by atoms with Crippen molar-refractivity contribution < 1.29 is 17.9 Å². The van der Waals surface area contributed by atoms with Crippen LogP contribution in [0, 0.1) is 10.5 Å². The molecular formula is C16H13IN2O4S. The van der Waals surface area contributed by atoms with Crippen LogP contribution in [-0.4, -0.2) is 30.5 Å². The van der Waals surface area contributed by atoms with Crippen LogP contribution in [0.15, 0.2) is 47.5 Å². The molecule has 0 saturated heterocycles. The number of ether oxygens (including phenoxy) is 1. The van der Waals surface area contributed by atoms with Gasteiger partial charge in [-0.3, -0.25) is 0 Å². The van der Waals surface area contributed by atoms with E-state index in [9.17, 15) is 13.2 Å². The molecule has 0 saturated carbocycles. The van der Waals surface area contributed by atoms with Crippen molar-refractivity contribution in [1.82, 2.24) is 8.96 Å². The summed E-state index contributed by atoms with van der Waals surface area (Å²) in [5, 5.41) is 0.642. The third-order valence-electron chi connectivity index (χ3n) is 3.51. The fourth-order valence-electron chi connectivity index (χ4n) is 2.44. The first-order valence-corrected chi connectivity index (χ1v) is 9.45. The fraction of sp³-hybridized carbons (Fsp3) is 0.125. The number of fused-ring (bicyclic) bond motifs is 1. The Hall–Kier alpha value is -1.94. The first kappa shape index (κ1) is 16.9. The van der Waals surface area contributed by atoms with Crippen molar-refractivity contribution in [1.29, 1.82) is 0 Å². The summed E-state index contributed by atoms with van der Waals surface area (Å²) >= 11 is 2.04. The number of halogens is 1. The lowest BCUT2D eigenvalue weighted by molar-refractivity contribution is 0.0596. The third kappa shape index (κ3) is 2.69. The predicted molar refractivity (Wildman–Crippen MR) is 97.6 cm³/mol. The van der Waals surface area contributed by atoms with Crippen LogP contribution in [0.25, 0.3) is 10.9 Å². The highest BCUT2D eigenvalue weighted by Crippen LogP contribution is 2.29. The lowest BCUT2D eigenvalue weighted by atomic mass is 10.2. The molecule has 0 spiro atoms. The first-order chi connectivity index (χ1) is 11.4. The number of aryl methyl sites for hydroxylation is 1. The summed E-state index contributed by atoms with van der Waals surface area (Å²) < 4.78 is 32.5. The van der Waals surface area contributed by atoms with E-state index >= 15 is 0 Å². The van der Waals surface area contributed by atoms with Gasteiger partial charge in [-0.15, -0.1) is 0 Å². The predicted octanol–water partition coefficient (Wildman–Crippen LogP) is 2.97. The molecule has 0 atom stereocenters. The van der Waals surface area contributed by atoms with Gasteiger partial charge in [0, 0.05) is 20.8 Å². The number of carbonyl (C=O) groups is 1. The Balaban J connectivity index is 2.40. The largest absolute Gasteiger partial charge is 0.464 e. The summed E-state index contributed by atoms with van der Waals surface area (Å²) in [5.41, 5.74) is 0.811. The van der Waals surface area contributed by atoms with Crippen LogP contribution >= 0.6 is 22.6 Å². The van der Waals surface area contributed by atoms with Gasteiger partial charge in [-0.05, 0) is 47.7 Å². The molecule has 8 heteroatoms. The molecule has 3 rings (SSSR count). The van der Waals surface area contributed by atoms with E-state index in [1.165, 1.54) is 25.4 Å². The topological polar surface area (TPSA) is 78.3 Å². The van der Waals surface area contributed by atoms with Gasteiger partial charge in [0.15, 0.2) is 5.69 Å². The standard InChI is InChI=1S/C16H13IN2O4S/c1-10-8-12-13(17)9-19(15(12)14(18-10)16(20)23-2)24(21,22)11-6-4-3-5-7-11/h3-9H,1-2H3. The zero-order valence-corrected chi connectivity index (χ0v) is 15.8. The van der Waals surface area contributed by atoms with Gasteiger partial charge in [0.1, 0.15) is 0 Å². The van der Waals surface area contributed by atoms with Crippen LogP contribution in [0.5, 0.6) is 0 Å². The van der Waals surface area contributed by atoms with Crippen molar-refractivity contribution in [3.8, 4) is 0 Å². The van der Waals surface area contributed by atoms with Gasteiger partial charge in [0.2, 0.25) is 0 Å². The Labute approximate surface area is 152 Å². The highest BCUT2D eigenvalue weighted by molar-refractivity contribution is 14.1. The molecule has 0 bridgehead atoms. The molecule has 3 aromatic rings. The SMILES string of the molecule is COC(=O)c1nc(C)cc2c(I)cn(S(=O)(=O)c3ccccc3)c12. The average molecular weight is 456 g/mol. The minimum Gasteiger partial charge on any atom is -0.464 e. The van der Waals surface area contributed by atoms with E-state index in [4.69, 9.17) is 4.74 Å². The molecule has 0 aliphatic carbocycles. The lowest BCUT2D eigenvalue weighted by Gasteiger charge is -2.10. The van der Waals surface area contributed by atoms with Crippen molar-refractivity contribution in [2.24, 2.45) is 0 Å². The van der Waals surface area contributed by atoms with Crippen molar-refractivity contribution in [3.05, 3.63) is 57.6 Å². The van der Waals surface area contributed by atoms with E-state index in [2.05, 4.69) is 4.98 Å². The van der Waals surface area contributed by atoms with Crippen molar-refractivity contribution in [2.45, 2.75) is 11.8 Å². The van der Waals surface area contributed by atoms with E-state index < -0.39 is 16.0 Å². The number of nitrogens with zero attached hydrogens (tertiary/aromatic N) is 2. The quantitative estimate of drug-likeness (QED) is 0.448. The molecule has 2 aromatic heterocycles. The van der Waals surface area contributed by atoms with E-state index in [0.29, 0.717) is 14.7 Å². The maximum absolute atomic E-state index is 13.0. The second-order valence-corrected chi connectivity index (χ2v) is 8.07. The van der Waals surface area contributed by atoms with Gasteiger partial charge in [0.05, 0.1) is 17.5 Å². The van der Waals surface area contributed by atoms with Crippen LogP contribution in [0.2, 0.25) is 0 Å². The van der Waals surface area contributed by atoms with Crippen molar-refractivity contribution >= 4 is 49.5 Å². The second kappa shape index (κ2) is 6.17. The van der Waals surface area contributed by atoms with E-state index in [-0.39, 0.29) is 16.1 Å². The molecule has 0 aliphatic heterocycles. The number of pyridine rings is 1. The molecule has 0 amide bonds.